The van der Waals surface area contributed by atoms with E-state index < -0.39 is 8.07 Å². The molecule has 2 N–H and O–H groups in total. The Kier molecular flexibility index (Phi) is 4.43. The fourth-order valence-corrected chi connectivity index (χ4v) is 9.61. The number of nitrogens with two attached hydrogens (primary N) is 1. The van der Waals surface area contributed by atoms with Crippen LogP contribution >= 0.6 is 0 Å². The van der Waals surface area contributed by atoms with Crippen LogP contribution in [0.25, 0.3) is 0 Å². The zero-order chi connectivity index (χ0) is 18.0. The summed E-state index contributed by atoms with van der Waals surface area (Å²) in [6.07, 6.45) is 0. The second-order valence-electron chi connectivity index (χ2n) is 7.75. The standard InChI is InChI=1S/C23H27N2Si/c1-25(21-14-12-20(24)13-15-21)16-18-26(19-17-25,22-8-4-2-5-9-22)23-10-6-3-7-11-23/h2-15H,16-19,24H2,1H3/q+1. The van der Waals surface area contributed by atoms with Gasteiger partial charge in [0.2, 0.25) is 0 Å². The lowest BCUT2D eigenvalue weighted by Crippen LogP contribution is -2.67. The van der Waals surface area contributed by atoms with Crippen molar-refractivity contribution in [1.29, 1.82) is 0 Å². The molecule has 0 aliphatic carbocycles. The van der Waals surface area contributed by atoms with Crippen molar-refractivity contribution >= 4 is 29.8 Å². The van der Waals surface area contributed by atoms with Gasteiger partial charge in [-0.3, -0.25) is 4.48 Å². The summed E-state index contributed by atoms with van der Waals surface area (Å²) < 4.78 is 1.01. The van der Waals surface area contributed by atoms with E-state index in [1.165, 1.54) is 30.9 Å². The maximum Gasteiger partial charge on any atom is 0.132 e. The lowest BCUT2D eigenvalue weighted by Gasteiger charge is -2.45. The van der Waals surface area contributed by atoms with Crippen LogP contribution in [0.3, 0.4) is 0 Å². The van der Waals surface area contributed by atoms with Crippen molar-refractivity contribution in [2.75, 3.05) is 25.9 Å². The lowest BCUT2D eigenvalue weighted by atomic mass is 10.2. The highest BCUT2D eigenvalue weighted by molar-refractivity contribution is 7.02. The Bertz CT molecular complexity index is 810. The van der Waals surface area contributed by atoms with Gasteiger partial charge in [0.25, 0.3) is 0 Å². The molecule has 0 atom stereocenters. The lowest BCUT2D eigenvalue weighted by molar-refractivity contribution is 0.349. The molecule has 26 heavy (non-hydrogen) atoms. The first kappa shape index (κ1) is 17.1. The van der Waals surface area contributed by atoms with Crippen molar-refractivity contribution in [3.63, 3.8) is 0 Å². The molecule has 0 unspecified atom stereocenters. The van der Waals surface area contributed by atoms with Crippen LogP contribution in [0, 0.1) is 0 Å². The monoisotopic (exact) mass is 359 g/mol. The van der Waals surface area contributed by atoms with Crippen molar-refractivity contribution in [2.24, 2.45) is 0 Å². The highest BCUT2D eigenvalue weighted by atomic mass is 28.3. The molecule has 1 aliphatic heterocycles. The molecule has 0 bridgehead atoms. The van der Waals surface area contributed by atoms with Gasteiger partial charge in [0.15, 0.2) is 0 Å². The second-order valence-corrected chi connectivity index (χ2v) is 12.1. The summed E-state index contributed by atoms with van der Waals surface area (Å²) in [6, 6.07) is 33.6. The topological polar surface area (TPSA) is 26.0 Å². The molecule has 1 saturated heterocycles. The van der Waals surface area contributed by atoms with Crippen molar-refractivity contribution in [1.82, 2.24) is 4.48 Å². The molecule has 1 heterocycles. The zero-order valence-corrected chi connectivity index (χ0v) is 16.4. The summed E-state index contributed by atoms with van der Waals surface area (Å²) in [7, 11) is 0.667. The number of nitrogen functional groups attached to an aromatic ring is 1. The van der Waals surface area contributed by atoms with Crippen LogP contribution in [0.1, 0.15) is 0 Å². The minimum Gasteiger partial charge on any atom is -0.399 e. The third kappa shape index (κ3) is 2.98. The van der Waals surface area contributed by atoms with E-state index in [9.17, 15) is 0 Å². The van der Waals surface area contributed by atoms with E-state index in [1.54, 1.807) is 10.4 Å². The van der Waals surface area contributed by atoms with Crippen molar-refractivity contribution < 1.29 is 0 Å². The average molecular weight is 360 g/mol. The Balaban J connectivity index is 1.70. The number of rotatable bonds is 3. The number of hydrogen-bond donors (Lipinski definition) is 1. The van der Waals surface area contributed by atoms with Gasteiger partial charge in [0.1, 0.15) is 13.8 Å². The minimum absolute atomic E-state index is 0.842. The number of nitrogens with zero attached hydrogens (tertiary/aromatic N) is 1. The van der Waals surface area contributed by atoms with Gasteiger partial charge in [-0.25, -0.2) is 0 Å². The summed E-state index contributed by atoms with van der Waals surface area (Å²) in [4.78, 5) is 0. The van der Waals surface area contributed by atoms with Crippen molar-refractivity contribution in [3.8, 4) is 0 Å². The first-order valence-corrected chi connectivity index (χ1v) is 11.9. The van der Waals surface area contributed by atoms with E-state index in [0.29, 0.717) is 0 Å². The molecule has 0 spiro atoms. The van der Waals surface area contributed by atoms with Crippen LogP contribution in [0.4, 0.5) is 11.4 Å². The predicted octanol–water partition coefficient (Wildman–Crippen LogP) is 3.48. The Morgan fingerprint density at radius 2 is 1.15 bits per heavy atom. The summed E-state index contributed by atoms with van der Waals surface area (Å²) >= 11 is 0. The van der Waals surface area contributed by atoms with E-state index in [4.69, 9.17) is 5.73 Å². The predicted molar refractivity (Wildman–Crippen MR) is 116 cm³/mol. The van der Waals surface area contributed by atoms with Crippen LogP contribution in [-0.2, 0) is 0 Å². The van der Waals surface area contributed by atoms with Crippen LogP contribution in [-0.4, -0.2) is 28.2 Å². The Hall–Kier alpha value is -2.36. The quantitative estimate of drug-likeness (QED) is 0.432. The highest BCUT2D eigenvalue weighted by Crippen LogP contribution is 2.32. The van der Waals surface area contributed by atoms with Crippen LogP contribution < -0.4 is 20.6 Å². The molecule has 0 saturated carbocycles. The van der Waals surface area contributed by atoms with Gasteiger partial charge in [0.05, 0.1) is 20.1 Å². The fourth-order valence-electron chi connectivity index (χ4n) is 4.46. The van der Waals surface area contributed by atoms with Gasteiger partial charge >= 0.3 is 0 Å². The summed E-state index contributed by atoms with van der Waals surface area (Å²) in [5.74, 6) is 0. The fraction of sp³-hybridized carbons (Fsp3) is 0.217. The van der Waals surface area contributed by atoms with Crippen LogP contribution in [0.15, 0.2) is 84.9 Å². The number of hydrogen-bond acceptors (Lipinski definition) is 1. The molecule has 3 aromatic carbocycles. The number of quaternary nitrogens is 1. The molecule has 1 fully saturated rings. The summed E-state index contributed by atoms with van der Waals surface area (Å²) in [5, 5.41) is 3.16. The first-order valence-electron chi connectivity index (χ1n) is 9.44. The SMILES string of the molecule is C[N+]1(c2ccc(N)cc2)CC[Si](c2ccccc2)(c2ccccc2)CC1. The molecule has 1 aliphatic rings. The van der Waals surface area contributed by atoms with Gasteiger partial charge < -0.3 is 5.73 Å². The maximum absolute atomic E-state index is 5.89. The van der Waals surface area contributed by atoms with Gasteiger partial charge in [-0.2, -0.15) is 0 Å². The van der Waals surface area contributed by atoms with E-state index >= 15 is 0 Å². The Morgan fingerprint density at radius 1 is 0.692 bits per heavy atom. The summed E-state index contributed by atoms with van der Waals surface area (Å²) in [6.45, 7) is 2.36. The van der Waals surface area contributed by atoms with Crippen molar-refractivity contribution in [2.45, 2.75) is 12.1 Å². The van der Waals surface area contributed by atoms with Crippen LogP contribution in [0.5, 0.6) is 0 Å². The minimum atomic E-state index is -1.71. The van der Waals surface area contributed by atoms with Crippen molar-refractivity contribution in [3.05, 3.63) is 84.9 Å². The zero-order valence-electron chi connectivity index (χ0n) is 15.4. The normalized spacial score (nSPS) is 18.3. The third-order valence-corrected chi connectivity index (χ3v) is 11.3. The molecular weight excluding hydrogens is 332 g/mol. The summed E-state index contributed by atoms with van der Waals surface area (Å²) in [5.41, 5.74) is 8.11. The molecule has 0 amide bonds. The van der Waals surface area contributed by atoms with E-state index in [2.05, 4.69) is 79.8 Å². The van der Waals surface area contributed by atoms with Gasteiger partial charge in [-0.15, -0.1) is 0 Å². The molecule has 2 nitrogen and oxygen atoms in total. The number of anilines is 1. The van der Waals surface area contributed by atoms with Gasteiger partial charge in [-0.1, -0.05) is 71.0 Å². The smallest absolute Gasteiger partial charge is 0.132 e. The van der Waals surface area contributed by atoms with E-state index in [0.717, 1.165) is 10.2 Å². The molecule has 0 aromatic heterocycles. The molecule has 0 radical (unpaired) electrons. The molecule has 132 valence electrons. The average Bonchev–Trinajstić information content (AvgIpc) is 2.71. The molecule has 3 heteroatoms. The van der Waals surface area contributed by atoms with E-state index in [-0.39, 0.29) is 0 Å². The highest BCUT2D eigenvalue weighted by Gasteiger charge is 2.45. The molecular formula is C23H27N2Si+. The molecule has 4 rings (SSSR count). The van der Waals surface area contributed by atoms with E-state index in [1.807, 2.05) is 12.1 Å². The largest absolute Gasteiger partial charge is 0.399 e. The second kappa shape index (κ2) is 6.75. The Labute approximate surface area is 157 Å². The number of benzene rings is 3. The van der Waals surface area contributed by atoms with Crippen LogP contribution in [0.2, 0.25) is 12.1 Å². The van der Waals surface area contributed by atoms with Gasteiger partial charge in [-0.05, 0) is 12.1 Å². The third-order valence-electron chi connectivity index (χ3n) is 6.23. The first-order chi connectivity index (χ1) is 12.6. The molecule has 3 aromatic rings. The maximum atomic E-state index is 5.89. The van der Waals surface area contributed by atoms with Gasteiger partial charge in [0, 0.05) is 29.9 Å². The Morgan fingerprint density at radius 3 is 1.62 bits per heavy atom.